The standard InChI is InChI=1S/C43H54N8O10/c1-23(41(54)55)33-36(47-38(46-33)32-11-9-21-51(32)40(53)35(25(3)59-5)49-43(57)61-7)29-18-14-27(15-19-29)26-12-16-28(17-13-26)30-22-44-37(45-30)31-10-8-20-50(31)39(52)34(24(2)58-4)48-42(56)60-6/h12-19,22-25,31-32,34-35H,8-11,20-21H2,1-7H3,(H,44,45)(H,46,47)(H,48,56)(H,49,57)(H,54,55)/t23?,24-,25-,31+,32+,34+,35+/m1/s1. The van der Waals surface area contributed by atoms with Crippen molar-refractivity contribution in [1.82, 2.24) is 40.4 Å². The number of H-pyrrole nitrogens is 2. The molecule has 0 saturated carbocycles. The first-order chi connectivity index (χ1) is 29.3. The van der Waals surface area contributed by atoms with E-state index in [1.807, 2.05) is 48.5 Å². The molecule has 4 heterocycles. The van der Waals surface area contributed by atoms with Crippen molar-refractivity contribution in [1.29, 1.82) is 0 Å². The molecule has 2 aliphatic rings. The highest BCUT2D eigenvalue weighted by molar-refractivity contribution is 5.88. The minimum atomic E-state index is -1.03. The summed E-state index contributed by atoms with van der Waals surface area (Å²) in [5, 5.41) is 15.2. The van der Waals surface area contributed by atoms with Gasteiger partial charge in [0.15, 0.2) is 0 Å². The van der Waals surface area contributed by atoms with Crippen molar-refractivity contribution in [2.24, 2.45) is 0 Å². The smallest absolute Gasteiger partial charge is 0.407 e. The van der Waals surface area contributed by atoms with Crippen LogP contribution in [0.25, 0.3) is 33.6 Å². The van der Waals surface area contributed by atoms with Gasteiger partial charge in [-0.05, 0) is 63.1 Å². The van der Waals surface area contributed by atoms with Gasteiger partial charge in [0, 0.05) is 32.9 Å². The molecule has 2 saturated heterocycles. The van der Waals surface area contributed by atoms with Crippen LogP contribution in [0.5, 0.6) is 0 Å². The molecule has 7 atom stereocenters. The normalized spacial score (nSPS) is 18.8. The van der Waals surface area contributed by atoms with Crippen LogP contribution in [0.3, 0.4) is 0 Å². The van der Waals surface area contributed by atoms with E-state index in [-0.39, 0.29) is 17.9 Å². The summed E-state index contributed by atoms with van der Waals surface area (Å²) in [6.07, 6.45) is 1.80. The Balaban J connectivity index is 1.19. The maximum Gasteiger partial charge on any atom is 0.407 e. The number of hydrogen-bond acceptors (Lipinski definition) is 11. The molecule has 61 heavy (non-hydrogen) atoms. The summed E-state index contributed by atoms with van der Waals surface area (Å²) >= 11 is 0. The van der Waals surface area contributed by atoms with Crippen molar-refractivity contribution >= 4 is 30.0 Å². The number of nitrogens with zero attached hydrogens (tertiary/aromatic N) is 4. The first-order valence-corrected chi connectivity index (χ1v) is 20.2. The van der Waals surface area contributed by atoms with Crippen molar-refractivity contribution in [2.75, 3.05) is 41.5 Å². The Labute approximate surface area is 353 Å². The van der Waals surface area contributed by atoms with Gasteiger partial charge in [0.2, 0.25) is 11.8 Å². The summed E-state index contributed by atoms with van der Waals surface area (Å²) in [6, 6.07) is 12.9. The van der Waals surface area contributed by atoms with Gasteiger partial charge in [0.05, 0.1) is 67.7 Å². The fourth-order valence-corrected chi connectivity index (χ4v) is 7.93. The molecule has 326 valence electrons. The molecule has 1 unspecified atom stereocenters. The number of carbonyl (C=O) groups excluding carboxylic acids is 4. The first-order valence-electron chi connectivity index (χ1n) is 20.2. The predicted molar refractivity (Wildman–Crippen MR) is 222 cm³/mol. The number of amides is 4. The molecule has 2 aromatic carbocycles. The number of hydrogen-bond donors (Lipinski definition) is 5. The molecule has 5 N–H and O–H groups in total. The number of alkyl carbamates (subject to hydrolysis) is 2. The van der Waals surface area contributed by atoms with E-state index in [1.54, 1.807) is 36.8 Å². The van der Waals surface area contributed by atoms with E-state index < -0.39 is 54.4 Å². The molecule has 0 aliphatic carbocycles. The number of aliphatic carboxylic acids is 1. The van der Waals surface area contributed by atoms with Crippen LogP contribution in [-0.4, -0.2) is 131 Å². The zero-order chi connectivity index (χ0) is 44.0. The molecule has 2 fully saturated rings. The Morgan fingerprint density at radius 3 is 1.61 bits per heavy atom. The molecule has 0 radical (unpaired) electrons. The van der Waals surface area contributed by atoms with Crippen LogP contribution in [0.15, 0.2) is 54.7 Å². The van der Waals surface area contributed by atoms with Gasteiger partial charge < -0.3 is 54.5 Å². The molecule has 18 heteroatoms. The number of carbonyl (C=O) groups is 5. The molecular weight excluding hydrogens is 789 g/mol. The summed E-state index contributed by atoms with van der Waals surface area (Å²) in [5.41, 5.74) is 5.14. The molecule has 18 nitrogen and oxygen atoms in total. The van der Waals surface area contributed by atoms with Crippen LogP contribution >= 0.6 is 0 Å². The number of methoxy groups -OCH3 is 4. The lowest BCUT2D eigenvalue weighted by atomic mass is 9.98. The number of aromatic nitrogens is 4. The summed E-state index contributed by atoms with van der Waals surface area (Å²) in [7, 11) is 5.39. The minimum Gasteiger partial charge on any atom is -0.481 e. The molecule has 0 bridgehead atoms. The number of carboxylic acid groups (broad SMARTS) is 1. The second-order valence-corrected chi connectivity index (χ2v) is 15.3. The number of nitrogens with one attached hydrogen (secondary N) is 4. The van der Waals surface area contributed by atoms with E-state index >= 15 is 0 Å². The van der Waals surface area contributed by atoms with Gasteiger partial charge in [-0.1, -0.05) is 48.5 Å². The number of likely N-dealkylation sites (tertiary alicyclic amines) is 2. The number of rotatable bonds is 15. The highest BCUT2D eigenvalue weighted by Crippen LogP contribution is 2.37. The summed E-state index contributed by atoms with van der Waals surface area (Å²) in [4.78, 5) is 83.5. The molecule has 4 aromatic rings. The van der Waals surface area contributed by atoms with Crippen molar-refractivity contribution in [3.8, 4) is 33.6 Å². The van der Waals surface area contributed by atoms with Crippen molar-refractivity contribution in [3.63, 3.8) is 0 Å². The Kier molecular flexibility index (Phi) is 14.1. The maximum atomic E-state index is 13.8. The van der Waals surface area contributed by atoms with Crippen LogP contribution in [0.4, 0.5) is 9.59 Å². The Morgan fingerprint density at radius 2 is 1.15 bits per heavy atom. The topological polar surface area (TPSA) is 230 Å². The third kappa shape index (κ3) is 9.55. The van der Waals surface area contributed by atoms with Crippen LogP contribution in [0.2, 0.25) is 0 Å². The lowest BCUT2D eigenvalue weighted by Gasteiger charge is -2.30. The van der Waals surface area contributed by atoms with E-state index in [9.17, 15) is 29.1 Å². The Bertz CT molecular complexity index is 2190. The van der Waals surface area contributed by atoms with Crippen LogP contribution < -0.4 is 10.6 Å². The van der Waals surface area contributed by atoms with E-state index in [0.717, 1.165) is 28.8 Å². The van der Waals surface area contributed by atoms with Crippen molar-refractivity contribution < 1.29 is 48.0 Å². The zero-order valence-electron chi connectivity index (χ0n) is 35.4. The SMILES string of the molecule is COC(=O)N[C@H](C(=O)N1CCC[C@H]1c1ncc(-c2ccc(-c3ccc(-c4nc([C@@H]5CCCN5C(=O)[C@@H](NC(=O)OC)[C@@H](C)OC)[nH]c4C(C)C(=O)O)cc3)cc2)[nH]1)[C@@H](C)OC. The van der Waals surface area contributed by atoms with Gasteiger partial charge in [0.25, 0.3) is 0 Å². The van der Waals surface area contributed by atoms with Gasteiger partial charge in [-0.15, -0.1) is 0 Å². The largest absolute Gasteiger partial charge is 0.481 e. The van der Waals surface area contributed by atoms with Crippen molar-refractivity contribution in [3.05, 3.63) is 72.1 Å². The molecule has 0 spiro atoms. The number of aromatic amines is 2. The summed E-state index contributed by atoms with van der Waals surface area (Å²) < 4.78 is 20.3. The molecule has 4 amide bonds. The molecule has 2 aromatic heterocycles. The maximum absolute atomic E-state index is 13.8. The van der Waals surface area contributed by atoms with E-state index in [4.69, 9.17) is 23.9 Å². The average Bonchev–Trinajstić information content (AvgIpc) is 4.13. The lowest BCUT2D eigenvalue weighted by Crippen LogP contribution is -2.54. The van der Waals surface area contributed by atoms with Gasteiger partial charge in [-0.3, -0.25) is 14.4 Å². The van der Waals surface area contributed by atoms with Gasteiger partial charge in [-0.25, -0.2) is 19.6 Å². The average molecular weight is 843 g/mol. The highest BCUT2D eigenvalue weighted by atomic mass is 16.5. The Hall–Kier alpha value is -6.27. The second kappa shape index (κ2) is 19.4. The Morgan fingerprint density at radius 1 is 0.689 bits per heavy atom. The molecule has 6 rings (SSSR count). The number of carboxylic acids is 1. The highest BCUT2D eigenvalue weighted by Gasteiger charge is 2.41. The van der Waals surface area contributed by atoms with Gasteiger partial charge in [-0.2, -0.15) is 0 Å². The van der Waals surface area contributed by atoms with Gasteiger partial charge >= 0.3 is 18.2 Å². The molecule has 2 aliphatic heterocycles. The van der Waals surface area contributed by atoms with E-state index in [0.29, 0.717) is 61.0 Å². The first kappa shape index (κ1) is 44.3. The quantitative estimate of drug-likeness (QED) is 0.104. The zero-order valence-corrected chi connectivity index (χ0v) is 35.4. The predicted octanol–water partition coefficient (Wildman–Crippen LogP) is 5.17. The van der Waals surface area contributed by atoms with Crippen LogP contribution in [0.1, 0.15) is 81.8 Å². The number of imidazole rings is 2. The lowest BCUT2D eigenvalue weighted by molar-refractivity contribution is -0.139. The summed E-state index contributed by atoms with van der Waals surface area (Å²) in [5.74, 6) is -1.48. The fraction of sp³-hybridized carbons (Fsp3) is 0.465. The van der Waals surface area contributed by atoms with E-state index in [2.05, 4.69) is 25.6 Å². The second-order valence-electron chi connectivity index (χ2n) is 15.3. The molecular formula is C43H54N8O10. The van der Waals surface area contributed by atoms with Gasteiger partial charge in [0.1, 0.15) is 23.7 Å². The fourth-order valence-electron chi connectivity index (χ4n) is 7.93. The third-order valence-corrected chi connectivity index (χ3v) is 11.7. The monoisotopic (exact) mass is 842 g/mol. The number of ether oxygens (including phenoxy) is 4. The van der Waals surface area contributed by atoms with E-state index in [1.165, 1.54) is 28.4 Å². The number of benzene rings is 2. The van der Waals surface area contributed by atoms with Crippen LogP contribution in [0, 0.1) is 0 Å². The van der Waals surface area contributed by atoms with Crippen molar-refractivity contribution in [2.45, 2.75) is 88.7 Å². The minimum absolute atomic E-state index is 0.277. The summed E-state index contributed by atoms with van der Waals surface area (Å²) in [6.45, 7) is 5.91. The third-order valence-electron chi connectivity index (χ3n) is 11.7. The van der Waals surface area contributed by atoms with Crippen LogP contribution in [-0.2, 0) is 33.3 Å².